The van der Waals surface area contributed by atoms with Crippen molar-refractivity contribution in [3.05, 3.63) is 60.8 Å². The molecule has 5 rings (SSSR count). The number of amides is 2. The third-order valence-electron chi connectivity index (χ3n) is 9.76. The first-order valence-electron chi connectivity index (χ1n) is 17.8. The van der Waals surface area contributed by atoms with E-state index in [1.807, 2.05) is 30.3 Å². The van der Waals surface area contributed by atoms with Crippen LogP contribution in [0.3, 0.4) is 0 Å². The van der Waals surface area contributed by atoms with Gasteiger partial charge < -0.3 is 14.4 Å². The van der Waals surface area contributed by atoms with Crippen LogP contribution < -0.4 is 9.46 Å². The van der Waals surface area contributed by atoms with Crippen molar-refractivity contribution in [3.8, 4) is 5.88 Å². The molecule has 2 aromatic rings. The number of carbonyl (C=O) groups excluding carboxylic acids is 5. The zero-order valence-electron chi connectivity index (χ0n) is 30.6. The summed E-state index contributed by atoms with van der Waals surface area (Å²) < 4.78 is 39.5. The Hall–Kier alpha value is -4.39. The summed E-state index contributed by atoms with van der Waals surface area (Å²) in [6.45, 7) is 12.5. The van der Waals surface area contributed by atoms with Gasteiger partial charge in [0, 0.05) is 36.8 Å². The minimum atomic E-state index is -3.87. The molecule has 2 heterocycles. The summed E-state index contributed by atoms with van der Waals surface area (Å²) >= 11 is 0. The third kappa shape index (κ3) is 9.33. The Balaban J connectivity index is 1.44. The molecule has 1 N–H and O–H groups in total. The van der Waals surface area contributed by atoms with Crippen molar-refractivity contribution in [3.63, 3.8) is 0 Å². The number of Topliss-reactive ketones (excluding diaryl/α,β-unsaturated/α-hetero) is 1. The number of carbonyl (C=O) groups is 5. The van der Waals surface area contributed by atoms with Crippen LogP contribution in [0.5, 0.6) is 5.88 Å². The number of fused-ring (bicyclic) bond motifs is 1. The predicted molar refractivity (Wildman–Crippen MR) is 194 cm³/mol. The summed E-state index contributed by atoms with van der Waals surface area (Å²) in [6.07, 6.45) is 4.62. The SMILES string of the molecule is C=C[C@@H]1C[C@]1(CC(=O)[C@@H]1C[C@@H](Oc2nccc3ccccc23)CN1C(=O)[C@H](CCC(=O)C=C(C)C)CC(=O)OC(C)(C)C)C(=O)NS(=O)(=O)C1CC1. The summed E-state index contributed by atoms with van der Waals surface area (Å²) in [5, 5.41) is 1.01. The largest absolute Gasteiger partial charge is 0.472 e. The van der Waals surface area contributed by atoms with Gasteiger partial charge in [0.1, 0.15) is 11.7 Å². The maximum atomic E-state index is 14.5. The van der Waals surface area contributed by atoms with Gasteiger partial charge in [0.25, 0.3) is 0 Å². The fraction of sp³-hybridized carbons (Fsp3) is 0.538. The van der Waals surface area contributed by atoms with E-state index in [-0.39, 0.29) is 50.9 Å². The van der Waals surface area contributed by atoms with Crippen LogP contribution in [0.2, 0.25) is 0 Å². The van der Waals surface area contributed by atoms with Crippen LogP contribution in [0, 0.1) is 17.3 Å². The quantitative estimate of drug-likeness (QED) is 0.141. The van der Waals surface area contributed by atoms with Crippen LogP contribution in [0.25, 0.3) is 10.8 Å². The lowest BCUT2D eigenvalue weighted by Gasteiger charge is -2.29. The lowest BCUT2D eigenvalue weighted by Crippen LogP contribution is -2.46. The first kappa shape index (κ1) is 38.8. The number of ketones is 2. The van der Waals surface area contributed by atoms with Crippen molar-refractivity contribution in [2.45, 2.75) is 109 Å². The maximum Gasteiger partial charge on any atom is 0.307 e. The Bertz CT molecular complexity index is 1890. The van der Waals surface area contributed by atoms with E-state index in [0.29, 0.717) is 18.7 Å². The molecule has 1 aromatic heterocycles. The van der Waals surface area contributed by atoms with E-state index in [9.17, 15) is 32.4 Å². The van der Waals surface area contributed by atoms with E-state index in [4.69, 9.17) is 9.47 Å². The van der Waals surface area contributed by atoms with Gasteiger partial charge in [-0.1, -0.05) is 29.8 Å². The van der Waals surface area contributed by atoms with Gasteiger partial charge in [-0.2, -0.15) is 0 Å². The van der Waals surface area contributed by atoms with Crippen LogP contribution in [-0.2, 0) is 38.7 Å². The highest BCUT2D eigenvalue weighted by atomic mass is 32.2. The molecular formula is C39H49N3O9S. The molecule has 0 bridgehead atoms. The smallest absolute Gasteiger partial charge is 0.307 e. The Morgan fingerprint density at radius 2 is 1.83 bits per heavy atom. The molecule has 1 saturated heterocycles. The summed E-state index contributed by atoms with van der Waals surface area (Å²) in [6, 6.07) is 8.30. The topological polar surface area (TPSA) is 166 Å². The van der Waals surface area contributed by atoms with E-state index in [1.54, 1.807) is 46.9 Å². The van der Waals surface area contributed by atoms with E-state index in [1.165, 1.54) is 11.0 Å². The number of rotatable bonds is 16. The number of allylic oxidation sites excluding steroid dienone is 3. The number of benzene rings is 1. The molecule has 280 valence electrons. The van der Waals surface area contributed by atoms with Crippen LogP contribution in [-0.4, -0.2) is 77.2 Å². The average molecular weight is 736 g/mol. The van der Waals surface area contributed by atoms with E-state index >= 15 is 0 Å². The molecule has 12 nitrogen and oxygen atoms in total. The first-order chi connectivity index (χ1) is 24.4. The van der Waals surface area contributed by atoms with Crippen LogP contribution >= 0.6 is 0 Å². The van der Waals surface area contributed by atoms with Gasteiger partial charge in [0.15, 0.2) is 11.6 Å². The van der Waals surface area contributed by atoms with Gasteiger partial charge in [0.2, 0.25) is 27.7 Å². The molecular weight excluding hydrogens is 687 g/mol. The Kier molecular flexibility index (Phi) is 11.4. The minimum Gasteiger partial charge on any atom is -0.472 e. The first-order valence-corrected chi connectivity index (χ1v) is 19.4. The number of hydrogen-bond donors (Lipinski definition) is 1. The zero-order valence-corrected chi connectivity index (χ0v) is 31.4. The van der Waals surface area contributed by atoms with Crippen molar-refractivity contribution < 1.29 is 41.9 Å². The van der Waals surface area contributed by atoms with Crippen molar-refractivity contribution in [1.82, 2.24) is 14.6 Å². The van der Waals surface area contributed by atoms with Crippen LogP contribution in [0.1, 0.15) is 86.0 Å². The highest BCUT2D eigenvalue weighted by molar-refractivity contribution is 7.90. The van der Waals surface area contributed by atoms with Crippen LogP contribution in [0.4, 0.5) is 0 Å². The molecule has 0 unspecified atom stereocenters. The fourth-order valence-electron chi connectivity index (χ4n) is 6.93. The van der Waals surface area contributed by atoms with Gasteiger partial charge >= 0.3 is 5.97 Å². The van der Waals surface area contributed by atoms with Crippen molar-refractivity contribution in [2.24, 2.45) is 17.3 Å². The van der Waals surface area contributed by atoms with E-state index < -0.39 is 73.8 Å². The van der Waals surface area contributed by atoms with Gasteiger partial charge in [-0.15, -0.1) is 6.58 Å². The maximum absolute atomic E-state index is 14.5. The summed E-state index contributed by atoms with van der Waals surface area (Å²) in [5.41, 5.74) is -1.33. The number of esters is 1. The predicted octanol–water partition coefficient (Wildman–Crippen LogP) is 5.01. The average Bonchev–Trinajstić information content (AvgIpc) is 3.98. The normalized spacial score (nSPS) is 23.3. The zero-order chi connectivity index (χ0) is 38.0. The van der Waals surface area contributed by atoms with Crippen molar-refractivity contribution >= 4 is 50.1 Å². The second-order valence-electron chi connectivity index (χ2n) is 15.6. The molecule has 5 atom stereocenters. The molecule has 2 amide bonds. The lowest BCUT2D eigenvalue weighted by molar-refractivity contribution is -0.159. The number of likely N-dealkylation sites (tertiary alicyclic amines) is 1. The number of sulfonamides is 1. The molecule has 3 aliphatic rings. The monoisotopic (exact) mass is 735 g/mol. The second-order valence-corrected chi connectivity index (χ2v) is 17.5. The Labute approximate surface area is 305 Å². The van der Waals surface area contributed by atoms with Crippen molar-refractivity contribution in [2.75, 3.05) is 6.54 Å². The van der Waals surface area contributed by atoms with Crippen molar-refractivity contribution in [1.29, 1.82) is 0 Å². The molecule has 2 saturated carbocycles. The number of ether oxygens (including phenoxy) is 2. The fourth-order valence-corrected chi connectivity index (χ4v) is 8.31. The molecule has 2 aliphatic carbocycles. The van der Waals surface area contributed by atoms with E-state index in [0.717, 1.165) is 16.3 Å². The summed E-state index contributed by atoms with van der Waals surface area (Å²) in [5.74, 6) is -3.60. The molecule has 0 spiro atoms. The highest BCUT2D eigenvalue weighted by Gasteiger charge is 2.61. The lowest BCUT2D eigenvalue weighted by atomic mass is 9.90. The number of pyridine rings is 1. The molecule has 52 heavy (non-hydrogen) atoms. The Morgan fingerprint density at radius 1 is 1.12 bits per heavy atom. The van der Waals surface area contributed by atoms with Gasteiger partial charge in [-0.25, -0.2) is 13.4 Å². The number of aromatic nitrogens is 1. The standard InChI is InChI=1S/C39H49N3O9S/c1-7-27-21-39(27,37(47)41-52(48,49)30-14-15-30)22-33(44)32-20-29(50-35-31-11-9-8-10-25(31)16-17-40-35)23-42(32)36(46)26(12-13-28(43)18-24(2)3)19-34(45)51-38(4,5)6/h7-11,16-18,26-27,29-30,32H,1,12-15,19-23H2,2-6H3,(H,41,47)/t26-,27-,29-,32+,39-/m1/s1. The molecule has 0 radical (unpaired) electrons. The van der Waals surface area contributed by atoms with Gasteiger partial charge in [0.05, 0.1) is 29.7 Å². The number of hydrogen-bond acceptors (Lipinski definition) is 10. The molecule has 1 aromatic carbocycles. The molecule has 3 fully saturated rings. The highest BCUT2D eigenvalue weighted by Crippen LogP contribution is 2.57. The molecule has 1 aliphatic heterocycles. The van der Waals surface area contributed by atoms with Gasteiger partial charge in [-0.05, 0) is 89.8 Å². The van der Waals surface area contributed by atoms with Gasteiger partial charge in [-0.3, -0.25) is 28.7 Å². The van der Waals surface area contributed by atoms with E-state index in [2.05, 4.69) is 16.3 Å². The Morgan fingerprint density at radius 3 is 2.46 bits per heavy atom. The second kappa shape index (κ2) is 15.3. The summed E-state index contributed by atoms with van der Waals surface area (Å²) in [7, 11) is -3.87. The summed E-state index contributed by atoms with van der Waals surface area (Å²) in [4.78, 5) is 73.9. The minimum absolute atomic E-state index is 0.00352. The number of nitrogens with one attached hydrogen (secondary N) is 1. The van der Waals surface area contributed by atoms with Crippen LogP contribution in [0.15, 0.2) is 60.8 Å². The molecule has 13 heteroatoms. The number of nitrogens with zero attached hydrogens (tertiary/aromatic N) is 2. The third-order valence-corrected chi connectivity index (χ3v) is 11.6.